The number of nitrogens with zero attached hydrogens (tertiary/aromatic N) is 5. The third kappa shape index (κ3) is 2.64. The van der Waals surface area contributed by atoms with Crippen LogP contribution in [0.1, 0.15) is 72.3 Å². The molecule has 136 valence electrons. The van der Waals surface area contributed by atoms with Gasteiger partial charge in [0.25, 0.3) is 11.5 Å². The fourth-order valence-corrected chi connectivity index (χ4v) is 4.03. The quantitative estimate of drug-likeness (QED) is 0.899. The fraction of sp³-hybridized carbons (Fsp3) is 0.611. The molecule has 8 heteroatoms. The van der Waals surface area contributed by atoms with Gasteiger partial charge in [0.15, 0.2) is 0 Å². The highest BCUT2D eigenvalue weighted by molar-refractivity contribution is 5.92. The smallest absolute Gasteiger partial charge is 0.273 e. The molecule has 0 atom stereocenters. The third-order valence-corrected chi connectivity index (χ3v) is 5.76. The van der Waals surface area contributed by atoms with Gasteiger partial charge in [-0.3, -0.25) is 9.59 Å². The number of rotatable bonds is 3. The Balaban J connectivity index is 1.40. The lowest BCUT2D eigenvalue weighted by Gasteiger charge is -2.35. The second kappa shape index (κ2) is 5.75. The number of hydrogen-bond donors (Lipinski definition) is 1. The zero-order valence-corrected chi connectivity index (χ0v) is 14.8. The first-order chi connectivity index (χ1) is 12.6. The van der Waals surface area contributed by atoms with Crippen molar-refractivity contribution in [2.24, 2.45) is 5.92 Å². The first-order valence-electron chi connectivity index (χ1n) is 9.42. The molecule has 0 radical (unpaired) electrons. The van der Waals surface area contributed by atoms with Crippen molar-refractivity contribution in [3.63, 3.8) is 0 Å². The van der Waals surface area contributed by atoms with Crippen molar-refractivity contribution < 1.29 is 4.79 Å². The minimum Gasteiger partial charge on any atom is -0.331 e. The van der Waals surface area contributed by atoms with Crippen molar-refractivity contribution in [2.75, 3.05) is 6.54 Å². The van der Waals surface area contributed by atoms with E-state index in [1.807, 2.05) is 4.68 Å². The molecule has 5 rings (SSSR count). The van der Waals surface area contributed by atoms with Crippen LogP contribution in [-0.4, -0.2) is 42.3 Å². The van der Waals surface area contributed by atoms with E-state index in [-0.39, 0.29) is 17.2 Å². The van der Waals surface area contributed by atoms with Crippen LogP contribution in [0.2, 0.25) is 0 Å². The molecular formula is C18H22N6O2. The molecular weight excluding hydrogens is 332 g/mol. The molecule has 8 nitrogen and oxygen atoms in total. The van der Waals surface area contributed by atoms with Crippen molar-refractivity contribution in [1.29, 1.82) is 0 Å². The van der Waals surface area contributed by atoms with Gasteiger partial charge >= 0.3 is 0 Å². The molecule has 0 unspecified atom stereocenters. The number of aromatic nitrogens is 5. The van der Waals surface area contributed by atoms with Gasteiger partial charge in [0.1, 0.15) is 11.5 Å². The number of nitrogens with one attached hydrogen (secondary N) is 1. The topological polar surface area (TPSA) is 96.8 Å². The van der Waals surface area contributed by atoms with E-state index in [0.717, 1.165) is 43.0 Å². The van der Waals surface area contributed by atoms with Crippen molar-refractivity contribution in [3.8, 4) is 0 Å². The van der Waals surface area contributed by atoms with Crippen LogP contribution in [0.5, 0.6) is 0 Å². The summed E-state index contributed by atoms with van der Waals surface area (Å²) in [6.45, 7) is 3.31. The normalized spacial score (nSPS) is 24.9. The Morgan fingerprint density at radius 3 is 2.85 bits per heavy atom. The predicted octanol–water partition coefficient (Wildman–Crippen LogP) is 1.41. The van der Waals surface area contributed by atoms with Crippen LogP contribution in [-0.2, 0) is 13.0 Å². The highest BCUT2D eigenvalue weighted by atomic mass is 16.2. The van der Waals surface area contributed by atoms with E-state index in [9.17, 15) is 9.59 Å². The molecule has 0 spiro atoms. The average molecular weight is 354 g/mol. The van der Waals surface area contributed by atoms with Gasteiger partial charge in [0.05, 0.1) is 24.0 Å². The van der Waals surface area contributed by atoms with E-state index < -0.39 is 0 Å². The van der Waals surface area contributed by atoms with E-state index in [1.165, 1.54) is 6.07 Å². The lowest BCUT2D eigenvalue weighted by Crippen LogP contribution is -2.39. The zero-order chi connectivity index (χ0) is 17.8. The van der Waals surface area contributed by atoms with E-state index in [1.54, 1.807) is 4.90 Å². The van der Waals surface area contributed by atoms with Crippen LogP contribution in [0, 0.1) is 5.92 Å². The minimum atomic E-state index is -0.252. The summed E-state index contributed by atoms with van der Waals surface area (Å²) >= 11 is 0. The number of aromatic amines is 1. The van der Waals surface area contributed by atoms with Crippen molar-refractivity contribution in [1.82, 2.24) is 29.9 Å². The summed E-state index contributed by atoms with van der Waals surface area (Å²) in [7, 11) is 0. The SMILES string of the molecule is CC1CC(n2nnc3c2CN(C(=O)c2cc(=O)[nH]c(C4CC4)n2)CC3)C1. The van der Waals surface area contributed by atoms with Crippen LogP contribution in [0.25, 0.3) is 0 Å². The van der Waals surface area contributed by atoms with Crippen LogP contribution in [0.3, 0.4) is 0 Å². The maximum atomic E-state index is 13.0. The first kappa shape index (κ1) is 15.7. The van der Waals surface area contributed by atoms with Crippen LogP contribution < -0.4 is 5.56 Å². The number of amides is 1. The molecule has 0 bridgehead atoms. The summed E-state index contributed by atoms with van der Waals surface area (Å²) in [5.41, 5.74) is 2.02. The van der Waals surface area contributed by atoms with Crippen LogP contribution in [0.15, 0.2) is 10.9 Å². The summed E-state index contributed by atoms with van der Waals surface area (Å²) in [4.78, 5) is 33.8. The van der Waals surface area contributed by atoms with E-state index >= 15 is 0 Å². The molecule has 1 N–H and O–H groups in total. The molecule has 2 saturated carbocycles. The molecule has 2 aromatic heterocycles. The number of H-pyrrole nitrogens is 1. The Labute approximate surface area is 150 Å². The van der Waals surface area contributed by atoms with E-state index in [0.29, 0.717) is 37.3 Å². The molecule has 2 aromatic rings. The monoisotopic (exact) mass is 354 g/mol. The minimum absolute atomic E-state index is 0.182. The molecule has 2 aliphatic carbocycles. The molecule has 3 heterocycles. The summed E-state index contributed by atoms with van der Waals surface area (Å²) in [6.07, 6.45) is 4.98. The Morgan fingerprint density at radius 1 is 1.31 bits per heavy atom. The maximum Gasteiger partial charge on any atom is 0.273 e. The fourth-order valence-electron chi connectivity index (χ4n) is 4.03. The Kier molecular flexibility index (Phi) is 3.48. The maximum absolute atomic E-state index is 13.0. The summed E-state index contributed by atoms with van der Waals surface area (Å²) in [5.74, 6) is 1.49. The van der Waals surface area contributed by atoms with Gasteiger partial charge in [-0.25, -0.2) is 9.67 Å². The summed E-state index contributed by atoms with van der Waals surface area (Å²) in [5, 5.41) is 8.65. The lowest BCUT2D eigenvalue weighted by atomic mass is 9.82. The highest BCUT2D eigenvalue weighted by Crippen LogP contribution is 2.39. The molecule has 26 heavy (non-hydrogen) atoms. The van der Waals surface area contributed by atoms with Gasteiger partial charge in [0, 0.05) is 24.9 Å². The van der Waals surface area contributed by atoms with Gasteiger partial charge in [-0.2, -0.15) is 0 Å². The Hall–Kier alpha value is -2.51. The average Bonchev–Trinajstić information content (AvgIpc) is 3.38. The molecule has 0 aromatic carbocycles. The largest absolute Gasteiger partial charge is 0.331 e. The molecule has 2 fully saturated rings. The second-order valence-electron chi connectivity index (χ2n) is 7.92. The van der Waals surface area contributed by atoms with Crippen molar-refractivity contribution in [3.05, 3.63) is 39.3 Å². The predicted molar refractivity (Wildman–Crippen MR) is 92.7 cm³/mol. The van der Waals surface area contributed by atoms with Crippen LogP contribution in [0.4, 0.5) is 0 Å². The van der Waals surface area contributed by atoms with Crippen molar-refractivity contribution >= 4 is 5.91 Å². The number of carbonyl (C=O) groups excluding carboxylic acids is 1. The highest BCUT2D eigenvalue weighted by Gasteiger charge is 2.34. The number of hydrogen-bond acceptors (Lipinski definition) is 5. The number of fused-ring (bicyclic) bond motifs is 1. The first-order valence-corrected chi connectivity index (χ1v) is 9.42. The van der Waals surface area contributed by atoms with Crippen LogP contribution >= 0.6 is 0 Å². The molecule has 1 aliphatic heterocycles. The number of carbonyl (C=O) groups is 1. The summed E-state index contributed by atoms with van der Waals surface area (Å²) < 4.78 is 2.01. The lowest BCUT2D eigenvalue weighted by molar-refractivity contribution is 0.0716. The zero-order valence-electron chi connectivity index (χ0n) is 14.8. The van der Waals surface area contributed by atoms with E-state index in [4.69, 9.17) is 0 Å². The van der Waals surface area contributed by atoms with Gasteiger partial charge in [-0.15, -0.1) is 5.10 Å². The van der Waals surface area contributed by atoms with Gasteiger partial charge in [-0.05, 0) is 31.6 Å². The third-order valence-electron chi connectivity index (χ3n) is 5.76. The van der Waals surface area contributed by atoms with Crippen molar-refractivity contribution in [2.45, 2.75) is 57.5 Å². The van der Waals surface area contributed by atoms with Gasteiger partial charge in [0.2, 0.25) is 0 Å². The van der Waals surface area contributed by atoms with Gasteiger partial charge in [-0.1, -0.05) is 12.1 Å². The molecule has 3 aliphatic rings. The van der Waals surface area contributed by atoms with Gasteiger partial charge < -0.3 is 9.88 Å². The molecule has 1 amide bonds. The summed E-state index contributed by atoms with van der Waals surface area (Å²) in [6, 6.07) is 1.71. The second-order valence-corrected chi connectivity index (χ2v) is 7.92. The van der Waals surface area contributed by atoms with E-state index in [2.05, 4.69) is 27.2 Å². The Bertz CT molecular complexity index is 922. The Morgan fingerprint density at radius 2 is 2.12 bits per heavy atom. The molecule has 0 saturated heterocycles. The standard InChI is InChI=1S/C18H22N6O2/c1-10-6-12(7-10)24-15-9-23(5-4-13(15)21-22-24)18(26)14-8-16(25)20-17(19-14)11-2-3-11/h8,10-12H,2-7,9H2,1H3,(H,19,20,25).